The quantitative estimate of drug-likeness (QED) is 0.183. The van der Waals surface area contributed by atoms with Crippen LogP contribution in [0.15, 0.2) is 158 Å². The summed E-state index contributed by atoms with van der Waals surface area (Å²) in [5.41, 5.74) is 11.2. The van der Waals surface area contributed by atoms with Gasteiger partial charge >= 0.3 is 0 Å². The summed E-state index contributed by atoms with van der Waals surface area (Å²) < 4.78 is 4.53. The number of nitrogens with zero attached hydrogens (tertiary/aromatic N) is 4. The summed E-state index contributed by atoms with van der Waals surface area (Å²) in [6.45, 7) is 7.65. The van der Waals surface area contributed by atoms with E-state index in [9.17, 15) is 5.26 Å². The second-order valence-corrected chi connectivity index (χ2v) is 12.0. The van der Waals surface area contributed by atoms with E-state index < -0.39 is 0 Å². The van der Waals surface area contributed by atoms with Crippen LogP contribution >= 0.6 is 0 Å². The van der Waals surface area contributed by atoms with Crippen molar-refractivity contribution in [3.05, 3.63) is 175 Å². The number of rotatable bonds is 4. The Balaban J connectivity index is 1.38. The zero-order valence-corrected chi connectivity index (χ0v) is 25.8. The molecule has 0 amide bonds. The first-order valence-electron chi connectivity index (χ1n) is 15.9. The van der Waals surface area contributed by atoms with Crippen molar-refractivity contribution in [1.29, 1.82) is 5.26 Å². The van der Waals surface area contributed by atoms with Gasteiger partial charge in [0.05, 0.1) is 45.6 Å². The maximum atomic E-state index is 10.9. The van der Waals surface area contributed by atoms with E-state index in [-0.39, 0.29) is 0 Å². The van der Waals surface area contributed by atoms with E-state index in [4.69, 9.17) is 6.57 Å². The summed E-state index contributed by atoms with van der Waals surface area (Å²) in [5, 5.41) is 15.4. The average molecular weight is 611 g/mol. The lowest BCUT2D eigenvalue weighted by molar-refractivity contribution is 1.16. The molecule has 7 aromatic carbocycles. The Morgan fingerprint density at radius 3 is 1.71 bits per heavy atom. The van der Waals surface area contributed by atoms with Crippen LogP contribution < -0.4 is 0 Å². The fourth-order valence-corrected chi connectivity index (χ4v) is 7.32. The summed E-state index contributed by atoms with van der Waals surface area (Å²) in [6, 6.07) is 56.7. The summed E-state index contributed by atoms with van der Waals surface area (Å²) in [7, 11) is 0. The van der Waals surface area contributed by atoms with Crippen LogP contribution in [0.25, 0.3) is 82.1 Å². The summed E-state index contributed by atoms with van der Waals surface area (Å²) >= 11 is 0. The first-order chi connectivity index (χ1) is 23.7. The second kappa shape index (κ2) is 10.9. The van der Waals surface area contributed by atoms with Gasteiger partial charge in [0.25, 0.3) is 0 Å². The first-order valence-corrected chi connectivity index (χ1v) is 15.9. The van der Waals surface area contributed by atoms with Crippen molar-refractivity contribution in [3.8, 4) is 39.7 Å². The van der Waals surface area contributed by atoms with Crippen molar-refractivity contribution in [2.75, 3.05) is 0 Å². The van der Waals surface area contributed by atoms with E-state index in [0.29, 0.717) is 11.3 Å². The van der Waals surface area contributed by atoms with Crippen molar-refractivity contribution >= 4 is 49.3 Å². The molecule has 0 N–H and O–H groups in total. The highest BCUT2D eigenvalue weighted by Gasteiger charge is 2.22. The molecule has 9 aromatic rings. The Morgan fingerprint density at radius 1 is 0.479 bits per heavy atom. The van der Waals surface area contributed by atoms with Gasteiger partial charge in [0.15, 0.2) is 5.69 Å². The number of para-hydroxylation sites is 4. The molecule has 0 aliphatic rings. The largest absolute Gasteiger partial charge is 0.309 e. The molecule has 2 heterocycles. The van der Waals surface area contributed by atoms with Crippen molar-refractivity contribution in [1.82, 2.24) is 9.13 Å². The molecule has 4 nitrogen and oxygen atoms in total. The van der Waals surface area contributed by atoms with Gasteiger partial charge in [-0.15, -0.1) is 0 Å². The highest BCUT2D eigenvalue weighted by atomic mass is 15.0. The zero-order chi connectivity index (χ0) is 32.2. The number of hydrogen-bond acceptors (Lipinski definition) is 1. The SMILES string of the molecule is [C-]#[N+]c1ccc2c(c1)c1ccccc1n2-c1c(C#N)cc(-c2ccccc2-n2c3ccccc3c3ccccc32)cc1-c1ccccc1. The van der Waals surface area contributed by atoms with Crippen LogP contribution in [-0.4, -0.2) is 9.13 Å². The maximum Gasteiger partial charge on any atom is 0.188 e. The average Bonchev–Trinajstić information content (AvgIpc) is 3.67. The van der Waals surface area contributed by atoms with E-state index in [1.165, 1.54) is 10.8 Å². The van der Waals surface area contributed by atoms with Crippen LogP contribution in [0.3, 0.4) is 0 Å². The van der Waals surface area contributed by atoms with Gasteiger partial charge in [-0.2, -0.15) is 5.26 Å². The molecule has 0 aliphatic carbocycles. The lowest BCUT2D eigenvalue weighted by Gasteiger charge is -2.20. The highest BCUT2D eigenvalue weighted by Crippen LogP contribution is 2.43. The molecule has 0 unspecified atom stereocenters. The topological polar surface area (TPSA) is 38.0 Å². The lowest BCUT2D eigenvalue weighted by atomic mass is 9.93. The van der Waals surface area contributed by atoms with Gasteiger partial charge in [-0.3, -0.25) is 0 Å². The molecule has 0 saturated heterocycles. The van der Waals surface area contributed by atoms with E-state index in [1.807, 2.05) is 54.6 Å². The third-order valence-corrected chi connectivity index (χ3v) is 9.36. The molecule has 0 bridgehead atoms. The zero-order valence-electron chi connectivity index (χ0n) is 25.8. The molecule has 222 valence electrons. The molecule has 0 fully saturated rings. The van der Waals surface area contributed by atoms with E-state index in [1.54, 1.807) is 0 Å². The lowest BCUT2D eigenvalue weighted by Crippen LogP contribution is -2.03. The highest BCUT2D eigenvalue weighted by molar-refractivity contribution is 6.12. The number of nitriles is 1. The van der Waals surface area contributed by atoms with E-state index in [2.05, 4.69) is 123 Å². The Bertz CT molecular complexity index is 2750. The first kappa shape index (κ1) is 27.4. The predicted molar refractivity (Wildman–Crippen MR) is 197 cm³/mol. The van der Waals surface area contributed by atoms with Crippen LogP contribution in [0, 0.1) is 17.9 Å². The fraction of sp³-hybridized carbons (Fsp3) is 0. The Kier molecular flexibility index (Phi) is 6.22. The molecule has 0 atom stereocenters. The van der Waals surface area contributed by atoms with Crippen LogP contribution in [0.1, 0.15) is 5.56 Å². The summed E-state index contributed by atoms with van der Waals surface area (Å²) in [4.78, 5) is 3.71. The Hall–Kier alpha value is -6.88. The van der Waals surface area contributed by atoms with E-state index >= 15 is 0 Å². The minimum Gasteiger partial charge on any atom is -0.309 e. The van der Waals surface area contributed by atoms with E-state index in [0.717, 1.165) is 66.5 Å². The standard InChI is InChI=1S/C44H26N4/c1-46-32-23-24-43-38(27-32)36-18-8-12-22-42(36)48(43)44-31(28-45)25-30(26-37(44)29-13-3-2-4-14-29)33-15-5-9-19-39(33)47-40-20-10-6-16-34(40)35-17-7-11-21-41(35)47/h2-27H. The Labute approximate surface area is 277 Å². The molecule has 0 spiro atoms. The monoisotopic (exact) mass is 610 g/mol. The molecule has 0 saturated carbocycles. The smallest absolute Gasteiger partial charge is 0.188 e. The molecular weight excluding hydrogens is 585 g/mol. The number of aromatic nitrogens is 2. The van der Waals surface area contributed by atoms with Gasteiger partial charge < -0.3 is 9.13 Å². The molecule has 0 radical (unpaired) electrons. The molecular formula is C44H26N4. The van der Waals surface area contributed by atoms with Gasteiger partial charge in [0.2, 0.25) is 0 Å². The Morgan fingerprint density at radius 2 is 1.04 bits per heavy atom. The van der Waals surface area contributed by atoms with Crippen LogP contribution in [0.4, 0.5) is 5.69 Å². The van der Waals surface area contributed by atoms with Gasteiger partial charge in [0, 0.05) is 27.3 Å². The summed E-state index contributed by atoms with van der Waals surface area (Å²) in [5.74, 6) is 0. The van der Waals surface area contributed by atoms with Gasteiger partial charge in [-0.1, -0.05) is 109 Å². The maximum absolute atomic E-state index is 10.9. The summed E-state index contributed by atoms with van der Waals surface area (Å²) in [6.07, 6.45) is 0. The van der Waals surface area contributed by atoms with Crippen molar-refractivity contribution in [3.63, 3.8) is 0 Å². The second-order valence-electron chi connectivity index (χ2n) is 12.0. The van der Waals surface area contributed by atoms with Crippen LogP contribution in [0.2, 0.25) is 0 Å². The normalized spacial score (nSPS) is 11.3. The third-order valence-electron chi connectivity index (χ3n) is 9.36. The van der Waals surface area contributed by atoms with Crippen LogP contribution in [-0.2, 0) is 0 Å². The van der Waals surface area contributed by atoms with Crippen molar-refractivity contribution in [2.24, 2.45) is 0 Å². The minimum atomic E-state index is 0.570. The predicted octanol–water partition coefficient (Wildman–Crippen LogP) is 11.6. The van der Waals surface area contributed by atoms with Gasteiger partial charge in [0.1, 0.15) is 6.07 Å². The minimum absolute atomic E-state index is 0.570. The van der Waals surface area contributed by atoms with Crippen molar-refractivity contribution in [2.45, 2.75) is 0 Å². The molecule has 9 rings (SSSR count). The molecule has 4 heteroatoms. The molecule has 48 heavy (non-hydrogen) atoms. The number of fused-ring (bicyclic) bond motifs is 6. The fourth-order valence-electron chi connectivity index (χ4n) is 7.32. The number of benzene rings is 7. The van der Waals surface area contributed by atoms with Gasteiger partial charge in [-0.05, 0) is 65.0 Å². The molecule has 2 aromatic heterocycles. The number of hydrogen-bond donors (Lipinski definition) is 0. The molecule has 0 aliphatic heterocycles. The third kappa shape index (κ3) is 4.07. The van der Waals surface area contributed by atoms with Crippen molar-refractivity contribution < 1.29 is 0 Å². The van der Waals surface area contributed by atoms with Gasteiger partial charge in [-0.25, -0.2) is 4.85 Å². The van der Waals surface area contributed by atoms with Crippen LogP contribution in [0.5, 0.6) is 0 Å².